The van der Waals surface area contributed by atoms with Gasteiger partial charge in [0.25, 0.3) is 5.69 Å². The molecule has 1 fully saturated rings. The molecule has 0 aliphatic carbocycles. The first-order chi connectivity index (χ1) is 8.22. The number of terminal acetylenes is 1. The second-order valence-electron chi connectivity index (χ2n) is 4.15. The van der Waals surface area contributed by atoms with Crippen LogP contribution in [-0.4, -0.2) is 18.0 Å². The van der Waals surface area contributed by atoms with E-state index in [9.17, 15) is 10.1 Å². The highest BCUT2D eigenvalue weighted by Gasteiger charge is 2.16. The van der Waals surface area contributed by atoms with Crippen molar-refractivity contribution in [2.45, 2.75) is 19.3 Å². The Morgan fingerprint density at radius 1 is 1.29 bits per heavy atom. The molecular weight excluding hydrogens is 216 g/mol. The first-order valence-corrected chi connectivity index (χ1v) is 5.72. The number of nitrogens with zero attached hydrogens (tertiary/aromatic N) is 2. The molecule has 0 amide bonds. The van der Waals surface area contributed by atoms with E-state index in [1.807, 2.05) is 0 Å². The minimum Gasteiger partial charge on any atom is -0.371 e. The van der Waals surface area contributed by atoms with Gasteiger partial charge in [0.1, 0.15) is 5.56 Å². The van der Waals surface area contributed by atoms with Gasteiger partial charge in [0.2, 0.25) is 0 Å². The zero-order chi connectivity index (χ0) is 12.3. The maximum Gasteiger partial charge on any atom is 0.285 e. The number of hydrogen-bond acceptors (Lipinski definition) is 3. The summed E-state index contributed by atoms with van der Waals surface area (Å²) in [6.45, 7) is 2.00. The lowest BCUT2D eigenvalue weighted by Crippen LogP contribution is -2.29. The second-order valence-corrected chi connectivity index (χ2v) is 4.15. The number of anilines is 1. The molecule has 0 aromatic heterocycles. The third-order valence-electron chi connectivity index (χ3n) is 3.05. The Hall–Kier alpha value is -2.02. The summed E-state index contributed by atoms with van der Waals surface area (Å²) in [6.07, 6.45) is 8.91. The molecule has 88 valence electrons. The lowest BCUT2D eigenvalue weighted by atomic mass is 10.1. The fraction of sp³-hybridized carbons (Fsp3) is 0.385. The molecule has 0 saturated carbocycles. The summed E-state index contributed by atoms with van der Waals surface area (Å²) >= 11 is 0. The maximum absolute atomic E-state index is 10.8. The van der Waals surface area contributed by atoms with E-state index in [1.165, 1.54) is 25.3 Å². The van der Waals surface area contributed by atoms with E-state index in [4.69, 9.17) is 6.42 Å². The smallest absolute Gasteiger partial charge is 0.285 e. The van der Waals surface area contributed by atoms with Gasteiger partial charge in [-0.15, -0.1) is 6.42 Å². The summed E-state index contributed by atoms with van der Waals surface area (Å²) in [5.74, 6) is 2.39. The normalized spacial score (nSPS) is 15.4. The van der Waals surface area contributed by atoms with Gasteiger partial charge in [0.15, 0.2) is 0 Å². The van der Waals surface area contributed by atoms with Gasteiger partial charge in [0.05, 0.1) is 4.92 Å². The molecule has 0 radical (unpaired) electrons. The Morgan fingerprint density at radius 2 is 2.00 bits per heavy atom. The molecule has 1 heterocycles. The first-order valence-electron chi connectivity index (χ1n) is 5.72. The van der Waals surface area contributed by atoms with E-state index in [0.29, 0.717) is 5.56 Å². The molecule has 1 saturated heterocycles. The zero-order valence-corrected chi connectivity index (χ0v) is 9.56. The van der Waals surface area contributed by atoms with Crippen molar-refractivity contribution >= 4 is 11.4 Å². The van der Waals surface area contributed by atoms with Gasteiger partial charge in [0, 0.05) is 24.8 Å². The van der Waals surface area contributed by atoms with Crippen LogP contribution in [0.3, 0.4) is 0 Å². The Kier molecular flexibility index (Phi) is 3.29. The van der Waals surface area contributed by atoms with Crippen molar-refractivity contribution in [3.05, 3.63) is 33.9 Å². The molecular formula is C13H14N2O2. The number of hydrogen-bond donors (Lipinski definition) is 0. The van der Waals surface area contributed by atoms with Crippen molar-refractivity contribution in [3.63, 3.8) is 0 Å². The van der Waals surface area contributed by atoms with Gasteiger partial charge in [-0.2, -0.15) is 0 Å². The van der Waals surface area contributed by atoms with Crippen LogP contribution in [0.15, 0.2) is 18.2 Å². The predicted molar refractivity (Wildman–Crippen MR) is 67.1 cm³/mol. The third kappa shape index (κ3) is 2.39. The number of nitro groups is 1. The number of rotatable bonds is 2. The van der Waals surface area contributed by atoms with E-state index >= 15 is 0 Å². The summed E-state index contributed by atoms with van der Waals surface area (Å²) < 4.78 is 0. The molecule has 1 aliphatic rings. The van der Waals surface area contributed by atoms with Crippen LogP contribution in [0.1, 0.15) is 24.8 Å². The molecule has 0 N–H and O–H groups in total. The van der Waals surface area contributed by atoms with Crippen LogP contribution >= 0.6 is 0 Å². The molecule has 4 heteroatoms. The van der Waals surface area contributed by atoms with E-state index < -0.39 is 4.92 Å². The Balaban J connectivity index is 2.31. The van der Waals surface area contributed by atoms with Crippen molar-refractivity contribution in [1.29, 1.82) is 0 Å². The standard InChI is InChI=1S/C13H14N2O2/c1-2-11-10-12(6-7-13(11)15(16)17)14-8-4-3-5-9-14/h1,6-7,10H,3-5,8-9H2. The monoisotopic (exact) mass is 230 g/mol. The van der Waals surface area contributed by atoms with Gasteiger partial charge >= 0.3 is 0 Å². The Bertz CT molecular complexity index is 471. The van der Waals surface area contributed by atoms with Crippen LogP contribution in [0.4, 0.5) is 11.4 Å². The van der Waals surface area contributed by atoms with Crippen LogP contribution in [0.5, 0.6) is 0 Å². The van der Waals surface area contributed by atoms with Crippen molar-refractivity contribution in [2.75, 3.05) is 18.0 Å². The van der Waals surface area contributed by atoms with Crippen LogP contribution in [0.2, 0.25) is 0 Å². The number of piperidine rings is 1. The fourth-order valence-electron chi connectivity index (χ4n) is 2.15. The predicted octanol–water partition coefficient (Wildman–Crippen LogP) is 2.57. The van der Waals surface area contributed by atoms with Crippen molar-refractivity contribution in [3.8, 4) is 12.3 Å². The van der Waals surface area contributed by atoms with Gasteiger partial charge in [-0.25, -0.2) is 0 Å². The summed E-state index contributed by atoms with van der Waals surface area (Å²) in [4.78, 5) is 12.6. The van der Waals surface area contributed by atoms with Crippen LogP contribution in [0.25, 0.3) is 0 Å². The third-order valence-corrected chi connectivity index (χ3v) is 3.05. The quantitative estimate of drug-likeness (QED) is 0.445. The lowest BCUT2D eigenvalue weighted by Gasteiger charge is -2.28. The molecule has 4 nitrogen and oxygen atoms in total. The molecule has 0 atom stereocenters. The van der Waals surface area contributed by atoms with Gasteiger partial charge in [-0.3, -0.25) is 10.1 Å². The van der Waals surface area contributed by atoms with Crippen LogP contribution < -0.4 is 4.90 Å². The molecule has 1 aromatic carbocycles. The minimum atomic E-state index is -0.435. The highest BCUT2D eigenvalue weighted by molar-refractivity contribution is 5.60. The maximum atomic E-state index is 10.8. The van der Waals surface area contributed by atoms with E-state index in [2.05, 4.69) is 10.8 Å². The molecule has 17 heavy (non-hydrogen) atoms. The van der Waals surface area contributed by atoms with E-state index in [-0.39, 0.29) is 5.69 Å². The highest BCUT2D eigenvalue weighted by Crippen LogP contribution is 2.26. The first kappa shape index (κ1) is 11.5. The van der Waals surface area contributed by atoms with E-state index in [0.717, 1.165) is 18.8 Å². The SMILES string of the molecule is C#Cc1cc(N2CCCCC2)ccc1[N+](=O)[O-]. The lowest BCUT2D eigenvalue weighted by molar-refractivity contribution is -0.385. The van der Waals surface area contributed by atoms with Gasteiger partial charge in [-0.1, -0.05) is 5.92 Å². The highest BCUT2D eigenvalue weighted by atomic mass is 16.6. The topological polar surface area (TPSA) is 46.4 Å². The van der Waals surface area contributed by atoms with Crippen LogP contribution in [0, 0.1) is 22.5 Å². The summed E-state index contributed by atoms with van der Waals surface area (Å²) in [5, 5.41) is 10.8. The summed E-state index contributed by atoms with van der Waals surface area (Å²) in [6, 6.07) is 5.02. The average Bonchev–Trinajstić information content (AvgIpc) is 2.39. The van der Waals surface area contributed by atoms with Crippen molar-refractivity contribution in [2.24, 2.45) is 0 Å². The van der Waals surface area contributed by atoms with Crippen LogP contribution in [-0.2, 0) is 0 Å². The van der Waals surface area contributed by atoms with Crippen molar-refractivity contribution in [1.82, 2.24) is 0 Å². The summed E-state index contributed by atoms with van der Waals surface area (Å²) in [5.41, 5.74) is 1.36. The second kappa shape index (κ2) is 4.88. The Morgan fingerprint density at radius 3 is 2.59 bits per heavy atom. The largest absolute Gasteiger partial charge is 0.371 e. The molecule has 1 aliphatic heterocycles. The van der Waals surface area contributed by atoms with Gasteiger partial charge < -0.3 is 4.90 Å². The molecule has 0 unspecified atom stereocenters. The summed E-state index contributed by atoms with van der Waals surface area (Å²) in [7, 11) is 0. The van der Waals surface area contributed by atoms with Gasteiger partial charge in [-0.05, 0) is 31.4 Å². The molecule has 1 aromatic rings. The Labute approximate surface area is 100 Å². The van der Waals surface area contributed by atoms with Crippen molar-refractivity contribution < 1.29 is 4.92 Å². The average molecular weight is 230 g/mol. The minimum absolute atomic E-state index is 0.00765. The number of benzene rings is 1. The molecule has 0 bridgehead atoms. The molecule has 0 spiro atoms. The number of nitro benzene ring substituents is 1. The fourth-order valence-corrected chi connectivity index (χ4v) is 2.15. The molecule has 2 rings (SSSR count). The zero-order valence-electron chi connectivity index (χ0n) is 9.56. The van der Waals surface area contributed by atoms with E-state index in [1.54, 1.807) is 12.1 Å².